The molecule has 0 atom stereocenters. The third kappa shape index (κ3) is 4.60. The van der Waals surface area contributed by atoms with Crippen LogP contribution < -0.4 is 0 Å². The topological polar surface area (TPSA) is 0 Å². The van der Waals surface area contributed by atoms with Crippen LogP contribution in [0.3, 0.4) is 0 Å². The van der Waals surface area contributed by atoms with Crippen LogP contribution in [-0.2, 0) is 15.8 Å². The Morgan fingerprint density at radius 2 is 0.682 bits per heavy atom. The summed E-state index contributed by atoms with van der Waals surface area (Å²) in [4.78, 5) is 0. The van der Waals surface area contributed by atoms with Crippen LogP contribution in [0.4, 0.5) is 0 Å². The quantitative estimate of drug-likeness (QED) is 0.561. The van der Waals surface area contributed by atoms with Gasteiger partial charge in [0.1, 0.15) is 0 Å². The van der Waals surface area contributed by atoms with Gasteiger partial charge in [-0.2, -0.15) is 0 Å². The van der Waals surface area contributed by atoms with E-state index in [0.29, 0.717) is 0 Å². The molecular formula is C21H21Ge. The molecule has 0 heterocycles. The Morgan fingerprint density at radius 1 is 0.409 bits per heavy atom. The van der Waals surface area contributed by atoms with Crippen LogP contribution in [0.1, 0.15) is 16.7 Å². The SMILES string of the molecule is c1ccc([CH2][Ge]([CH2]c2ccccc2)[CH2]c2ccccc2)cc1. The minimum absolute atomic E-state index is 1.22. The Labute approximate surface area is 137 Å². The summed E-state index contributed by atoms with van der Waals surface area (Å²) in [6, 6.07) is 33.0. The van der Waals surface area contributed by atoms with Crippen LogP contribution in [0.2, 0.25) is 0 Å². The average Bonchev–Trinajstić information content (AvgIpc) is 2.57. The maximum atomic E-state index is 2.28. The molecule has 109 valence electrons. The van der Waals surface area contributed by atoms with Crippen molar-refractivity contribution in [2.75, 3.05) is 0 Å². The molecule has 0 aromatic heterocycles. The van der Waals surface area contributed by atoms with E-state index in [1.54, 1.807) is 0 Å². The minimum atomic E-state index is -1.22. The van der Waals surface area contributed by atoms with Gasteiger partial charge in [-0.05, 0) is 0 Å². The van der Waals surface area contributed by atoms with Crippen molar-refractivity contribution >= 4 is 14.3 Å². The monoisotopic (exact) mass is 347 g/mol. The van der Waals surface area contributed by atoms with Crippen molar-refractivity contribution in [2.45, 2.75) is 15.8 Å². The molecule has 0 amide bonds. The van der Waals surface area contributed by atoms with Gasteiger partial charge in [-0.3, -0.25) is 0 Å². The molecular weight excluding hydrogens is 325 g/mol. The van der Waals surface area contributed by atoms with E-state index < -0.39 is 14.3 Å². The van der Waals surface area contributed by atoms with Crippen molar-refractivity contribution in [3.05, 3.63) is 108 Å². The van der Waals surface area contributed by atoms with Gasteiger partial charge in [-0.15, -0.1) is 0 Å². The first-order valence-electron chi connectivity index (χ1n) is 7.85. The Morgan fingerprint density at radius 3 is 0.955 bits per heavy atom. The average molecular weight is 346 g/mol. The molecule has 0 aliphatic carbocycles. The molecule has 0 unspecified atom stereocenters. The zero-order valence-electron chi connectivity index (χ0n) is 12.8. The first-order chi connectivity index (χ1) is 10.9. The Bertz CT molecular complexity index is 563. The third-order valence-corrected chi connectivity index (χ3v) is 9.61. The fourth-order valence-corrected chi connectivity index (χ4v) is 8.75. The number of hydrogen-bond donors (Lipinski definition) is 0. The standard InChI is InChI=1S/C21H21Ge/c1-4-10-19(11-5-1)16-22(17-20-12-6-2-7-13-20)18-21-14-8-3-9-15-21/h1-15H,16-18H2. The van der Waals surface area contributed by atoms with E-state index in [-0.39, 0.29) is 0 Å². The van der Waals surface area contributed by atoms with Crippen molar-refractivity contribution in [1.82, 2.24) is 0 Å². The zero-order chi connectivity index (χ0) is 15.0. The van der Waals surface area contributed by atoms with E-state index in [1.165, 1.54) is 32.5 Å². The summed E-state index contributed by atoms with van der Waals surface area (Å²) >= 11 is -1.22. The molecule has 0 fully saturated rings. The van der Waals surface area contributed by atoms with E-state index in [9.17, 15) is 0 Å². The van der Waals surface area contributed by atoms with Gasteiger partial charge in [-0.1, -0.05) is 0 Å². The van der Waals surface area contributed by atoms with Gasteiger partial charge < -0.3 is 0 Å². The van der Waals surface area contributed by atoms with Crippen LogP contribution in [0.25, 0.3) is 0 Å². The maximum absolute atomic E-state index is 2.28. The molecule has 0 aliphatic heterocycles. The number of hydrogen-bond acceptors (Lipinski definition) is 0. The third-order valence-electron chi connectivity index (χ3n) is 3.89. The fourth-order valence-electron chi connectivity index (χ4n) is 2.84. The molecule has 0 saturated heterocycles. The summed E-state index contributed by atoms with van der Waals surface area (Å²) in [7, 11) is 0. The van der Waals surface area contributed by atoms with Crippen molar-refractivity contribution in [3.8, 4) is 0 Å². The first kappa shape index (κ1) is 15.1. The van der Waals surface area contributed by atoms with Crippen molar-refractivity contribution in [3.63, 3.8) is 0 Å². The van der Waals surface area contributed by atoms with Gasteiger partial charge in [0, 0.05) is 0 Å². The van der Waals surface area contributed by atoms with Crippen LogP contribution >= 0.6 is 0 Å². The molecule has 0 N–H and O–H groups in total. The second-order valence-electron chi connectivity index (χ2n) is 5.74. The van der Waals surface area contributed by atoms with E-state index >= 15 is 0 Å². The predicted molar refractivity (Wildman–Crippen MR) is 96.2 cm³/mol. The first-order valence-corrected chi connectivity index (χ1v) is 12.3. The fraction of sp³-hybridized carbons (Fsp3) is 0.143. The summed E-state index contributed by atoms with van der Waals surface area (Å²) in [5, 5.41) is 3.89. The van der Waals surface area contributed by atoms with E-state index in [4.69, 9.17) is 0 Å². The van der Waals surface area contributed by atoms with Crippen molar-refractivity contribution < 1.29 is 0 Å². The number of benzene rings is 3. The molecule has 0 nitrogen and oxygen atoms in total. The molecule has 3 rings (SSSR count). The normalized spacial score (nSPS) is 10.8. The van der Waals surface area contributed by atoms with Crippen LogP contribution in [0.5, 0.6) is 0 Å². The second kappa shape index (κ2) is 8.00. The molecule has 0 saturated carbocycles. The van der Waals surface area contributed by atoms with Gasteiger partial charge in [-0.25, -0.2) is 0 Å². The van der Waals surface area contributed by atoms with Gasteiger partial charge in [0.05, 0.1) is 0 Å². The van der Waals surface area contributed by atoms with Crippen LogP contribution in [0, 0.1) is 0 Å². The van der Waals surface area contributed by atoms with E-state index in [0.717, 1.165) is 0 Å². The van der Waals surface area contributed by atoms with Gasteiger partial charge in [0.15, 0.2) is 0 Å². The molecule has 0 bridgehead atoms. The van der Waals surface area contributed by atoms with Crippen LogP contribution in [0.15, 0.2) is 91.0 Å². The molecule has 3 aromatic carbocycles. The summed E-state index contributed by atoms with van der Waals surface area (Å²) in [5.74, 6) is 0. The molecule has 0 spiro atoms. The van der Waals surface area contributed by atoms with Crippen LogP contribution in [-0.4, -0.2) is 14.3 Å². The van der Waals surface area contributed by atoms with Gasteiger partial charge >= 0.3 is 138 Å². The Hall–Kier alpha value is -1.80. The zero-order valence-corrected chi connectivity index (χ0v) is 14.9. The van der Waals surface area contributed by atoms with Gasteiger partial charge in [0.25, 0.3) is 0 Å². The van der Waals surface area contributed by atoms with E-state index in [2.05, 4.69) is 91.0 Å². The summed E-state index contributed by atoms with van der Waals surface area (Å²) < 4.78 is 0. The van der Waals surface area contributed by atoms with E-state index in [1.807, 2.05) is 0 Å². The Balaban J connectivity index is 1.75. The van der Waals surface area contributed by atoms with Gasteiger partial charge in [0.2, 0.25) is 0 Å². The number of rotatable bonds is 6. The summed E-state index contributed by atoms with van der Waals surface area (Å²) in [6.45, 7) is 0. The molecule has 1 heteroatoms. The van der Waals surface area contributed by atoms with Crippen molar-refractivity contribution in [2.24, 2.45) is 0 Å². The molecule has 22 heavy (non-hydrogen) atoms. The molecule has 0 aliphatic rings. The summed E-state index contributed by atoms with van der Waals surface area (Å²) in [6.07, 6.45) is 0. The summed E-state index contributed by atoms with van der Waals surface area (Å²) in [5.41, 5.74) is 4.51. The molecule has 1 radical (unpaired) electrons. The van der Waals surface area contributed by atoms with Crippen molar-refractivity contribution in [1.29, 1.82) is 0 Å². The predicted octanol–water partition coefficient (Wildman–Crippen LogP) is 4.83. The second-order valence-corrected chi connectivity index (χ2v) is 11.1. The Kier molecular flexibility index (Phi) is 5.49. The molecule has 3 aromatic rings.